The molecule has 188 valence electrons. The third-order valence-electron chi connectivity index (χ3n) is 6.23. The fourth-order valence-electron chi connectivity index (χ4n) is 4.18. The van der Waals surface area contributed by atoms with Crippen LogP contribution in [-0.4, -0.2) is 51.9 Å². The summed E-state index contributed by atoms with van der Waals surface area (Å²) >= 11 is 3.45. The highest BCUT2D eigenvalue weighted by molar-refractivity contribution is 9.10. The lowest BCUT2D eigenvalue weighted by atomic mass is 10.1. The van der Waals surface area contributed by atoms with E-state index in [1.54, 1.807) is 18.6 Å². The van der Waals surface area contributed by atoms with Crippen molar-refractivity contribution in [3.63, 3.8) is 0 Å². The summed E-state index contributed by atoms with van der Waals surface area (Å²) in [6.45, 7) is 7.03. The van der Waals surface area contributed by atoms with Gasteiger partial charge in [-0.05, 0) is 70.4 Å². The summed E-state index contributed by atoms with van der Waals surface area (Å²) in [6.07, 6.45) is 5.20. The number of piperazine rings is 1. The number of hydrogen-bond acceptors (Lipinski definition) is 7. The van der Waals surface area contributed by atoms with E-state index >= 15 is 0 Å². The summed E-state index contributed by atoms with van der Waals surface area (Å²) in [4.78, 5) is 28.5. The Morgan fingerprint density at radius 2 is 1.86 bits per heavy atom. The van der Waals surface area contributed by atoms with Gasteiger partial charge in [-0.25, -0.2) is 9.97 Å². The molecular formula is C28H28BrN7O. The number of rotatable bonds is 7. The number of nitrogens with one attached hydrogen (secondary N) is 3. The smallest absolute Gasteiger partial charge is 0.255 e. The molecule has 37 heavy (non-hydrogen) atoms. The number of anilines is 3. The highest BCUT2D eigenvalue weighted by Gasteiger charge is 2.12. The predicted octanol–water partition coefficient (Wildman–Crippen LogP) is 5.01. The van der Waals surface area contributed by atoms with Crippen LogP contribution < -0.4 is 16.0 Å². The van der Waals surface area contributed by atoms with Crippen LogP contribution in [0.15, 0.2) is 77.7 Å². The zero-order valence-corrected chi connectivity index (χ0v) is 22.1. The molecule has 0 saturated carbocycles. The van der Waals surface area contributed by atoms with Gasteiger partial charge in [-0.1, -0.05) is 18.2 Å². The highest BCUT2D eigenvalue weighted by atomic mass is 79.9. The van der Waals surface area contributed by atoms with Gasteiger partial charge in [0.05, 0.1) is 5.69 Å². The molecule has 2 aromatic heterocycles. The molecule has 1 aliphatic rings. The molecule has 3 N–H and O–H groups in total. The molecule has 0 aliphatic carbocycles. The lowest BCUT2D eigenvalue weighted by Crippen LogP contribution is -2.42. The van der Waals surface area contributed by atoms with Crippen molar-refractivity contribution < 1.29 is 4.79 Å². The van der Waals surface area contributed by atoms with E-state index in [1.165, 1.54) is 5.56 Å². The molecule has 1 aliphatic heterocycles. The first-order valence-electron chi connectivity index (χ1n) is 12.2. The van der Waals surface area contributed by atoms with E-state index in [9.17, 15) is 4.79 Å². The minimum atomic E-state index is -0.149. The summed E-state index contributed by atoms with van der Waals surface area (Å²) in [5.74, 6) is 0.313. The number of carbonyl (C=O) groups excluding carboxylic acids is 1. The predicted molar refractivity (Wildman–Crippen MR) is 150 cm³/mol. The van der Waals surface area contributed by atoms with Crippen molar-refractivity contribution in [2.45, 2.75) is 13.5 Å². The second-order valence-corrected chi connectivity index (χ2v) is 9.90. The third-order valence-corrected chi connectivity index (χ3v) is 6.66. The number of benzene rings is 2. The van der Waals surface area contributed by atoms with Crippen molar-refractivity contribution in [2.75, 3.05) is 36.8 Å². The normalized spacial score (nSPS) is 13.8. The van der Waals surface area contributed by atoms with Crippen LogP contribution in [0.25, 0.3) is 11.3 Å². The number of aromatic nitrogens is 3. The fourth-order valence-corrected chi connectivity index (χ4v) is 4.54. The van der Waals surface area contributed by atoms with Gasteiger partial charge in [-0.3, -0.25) is 14.7 Å². The molecular weight excluding hydrogens is 530 g/mol. The summed E-state index contributed by atoms with van der Waals surface area (Å²) in [5.41, 5.74) is 5.99. The Balaban J connectivity index is 1.26. The first-order valence-corrected chi connectivity index (χ1v) is 13.0. The van der Waals surface area contributed by atoms with Crippen LogP contribution >= 0.6 is 15.9 Å². The van der Waals surface area contributed by atoms with E-state index in [4.69, 9.17) is 0 Å². The number of amides is 1. The number of hydrogen-bond donors (Lipinski definition) is 3. The van der Waals surface area contributed by atoms with Crippen molar-refractivity contribution in [2.24, 2.45) is 0 Å². The van der Waals surface area contributed by atoms with Gasteiger partial charge in [0, 0.05) is 78.3 Å². The minimum absolute atomic E-state index is 0.149. The number of pyridine rings is 1. The molecule has 1 fully saturated rings. The van der Waals surface area contributed by atoms with E-state index < -0.39 is 0 Å². The average molecular weight is 558 g/mol. The van der Waals surface area contributed by atoms with Gasteiger partial charge in [0.1, 0.15) is 0 Å². The topological polar surface area (TPSA) is 95.1 Å². The van der Waals surface area contributed by atoms with Crippen LogP contribution in [-0.2, 0) is 6.54 Å². The molecule has 9 heteroatoms. The standard InChI is InChI=1S/C28H28BrN7O/c1-19-2-7-24(33-27(37)21-5-3-20(4-6-21)18-36-12-10-30-11-13-36)15-26(19)35-28-32-9-8-25(34-28)22-14-23(29)17-31-16-22/h2-9,14-17,30H,10-13,18H2,1H3,(H,33,37)(H,32,34,35). The van der Waals surface area contributed by atoms with Gasteiger partial charge in [-0.15, -0.1) is 0 Å². The number of halogens is 1. The molecule has 0 bridgehead atoms. The van der Waals surface area contributed by atoms with Gasteiger partial charge in [-0.2, -0.15) is 0 Å². The Bertz CT molecular complexity index is 1390. The Kier molecular flexibility index (Phi) is 7.84. The lowest BCUT2D eigenvalue weighted by Gasteiger charge is -2.27. The van der Waals surface area contributed by atoms with Crippen LogP contribution in [0.5, 0.6) is 0 Å². The molecule has 2 aromatic carbocycles. The molecule has 8 nitrogen and oxygen atoms in total. The van der Waals surface area contributed by atoms with Crippen molar-refractivity contribution in [1.82, 2.24) is 25.2 Å². The van der Waals surface area contributed by atoms with E-state index in [0.29, 0.717) is 17.2 Å². The first-order chi connectivity index (χ1) is 18.0. The van der Waals surface area contributed by atoms with Crippen LogP contribution in [0.3, 0.4) is 0 Å². The van der Waals surface area contributed by atoms with Gasteiger partial charge < -0.3 is 16.0 Å². The van der Waals surface area contributed by atoms with Gasteiger partial charge in [0.2, 0.25) is 5.95 Å². The molecule has 1 saturated heterocycles. The maximum Gasteiger partial charge on any atom is 0.255 e. The van der Waals surface area contributed by atoms with Crippen LogP contribution in [0.1, 0.15) is 21.5 Å². The Morgan fingerprint density at radius 3 is 2.65 bits per heavy atom. The molecule has 0 atom stereocenters. The van der Waals surface area contributed by atoms with E-state index in [-0.39, 0.29) is 5.91 Å². The molecule has 0 radical (unpaired) electrons. The summed E-state index contributed by atoms with van der Waals surface area (Å²) in [6, 6.07) is 17.4. The van der Waals surface area contributed by atoms with Crippen molar-refractivity contribution in [3.05, 3.63) is 94.4 Å². The molecule has 3 heterocycles. The molecule has 0 unspecified atom stereocenters. The second kappa shape index (κ2) is 11.6. The van der Waals surface area contributed by atoms with E-state index in [0.717, 1.165) is 59.7 Å². The largest absolute Gasteiger partial charge is 0.324 e. The van der Waals surface area contributed by atoms with Crippen molar-refractivity contribution in [1.29, 1.82) is 0 Å². The monoisotopic (exact) mass is 557 g/mol. The van der Waals surface area contributed by atoms with Crippen molar-refractivity contribution >= 4 is 39.2 Å². The summed E-state index contributed by atoms with van der Waals surface area (Å²) in [7, 11) is 0. The fraction of sp³-hybridized carbons (Fsp3) is 0.214. The van der Waals surface area contributed by atoms with Crippen LogP contribution in [0.2, 0.25) is 0 Å². The van der Waals surface area contributed by atoms with E-state index in [2.05, 4.69) is 51.7 Å². The molecule has 4 aromatic rings. The maximum absolute atomic E-state index is 12.9. The molecule has 0 spiro atoms. The first kappa shape index (κ1) is 25.0. The summed E-state index contributed by atoms with van der Waals surface area (Å²) in [5, 5.41) is 9.66. The zero-order valence-electron chi connectivity index (χ0n) is 20.5. The SMILES string of the molecule is Cc1ccc(NC(=O)c2ccc(CN3CCNCC3)cc2)cc1Nc1nccc(-c2cncc(Br)c2)n1. The Morgan fingerprint density at radius 1 is 1.05 bits per heavy atom. The highest BCUT2D eigenvalue weighted by Crippen LogP contribution is 2.25. The Hall–Kier alpha value is -3.66. The molecule has 1 amide bonds. The molecule has 5 rings (SSSR count). The quantitative estimate of drug-likeness (QED) is 0.294. The zero-order chi connectivity index (χ0) is 25.6. The van der Waals surface area contributed by atoms with Gasteiger partial charge in [0.25, 0.3) is 5.91 Å². The van der Waals surface area contributed by atoms with Crippen molar-refractivity contribution in [3.8, 4) is 11.3 Å². The number of aryl methyl sites for hydroxylation is 1. The van der Waals surface area contributed by atoms with Crippen LogP contribution in [0.4, 0.5) is 17.3 Å². The summed E-state index contributed by atoms with van der Waals surface area (Å²) < 4.78 is 0.881. The minimum Gasteiger partial charge on any atom is -0.324 e. The second-order valence-electron chi connectivity index (χ2n) is 8.99. The lowest BCUT2D eigenvalue weighted by molar-refractivity contribution is 0.102. The van der Waals surface area contributed by atoms with Gasteiger partial charge >= 0.3 is 0 Å². The van der Waals surface area contributed by atoms with Crippen LogP contribution in [0, 0.1) is 6.92 Å². The van der Waals surface area contributed by atoms with Gasteiger partial charge in [0.15, 0.2) is 0 Å². The average Bonchev–Trinajstić information content (AvgIpc) is 2.92. The third kappa shape index (κ3) is 6.56. The Labute approximate surface area is 224 Å². The van der Waals surface area contributed by atoms with E-state index in [1.807, 2.05) is 61.5 Å². The number of nitrogens with zero attached hydrogens (tertiary/aromatic N) is 4. The number of carbonyl (C=O) groups is 1. The maximum atomic E-state index is 12.9.